The van der Waals surface area contributed by atoms with Crippen LogP contribution in [0.15, 0.2) is 35.3 Å². The lowest BCUT2D eigenvalue weighted by Gasteiger charge is -2.32. The molecule has 2 N–H and O–H groups in total. The van der Waals surface area contributed by atoms with Gasteiger partial charge in [0, 0.05) is 45.0 Å². The number of guanidine groups is 1. The molecule has 1 aromatic carbocycles. The van der Waals surface area contributed by atoms with E-state index in [1.165, 1.54) is 5.56 Å². The van der Waals surface area contributed by atoms with Crippen LogP contribution in [-0.2, 0) is 24.8 Å². The SMILES string of the molecule is CN=C(NCC(=O)N1CCC(Cc2ccccc2)CC1)NCc1c(C)nn(C)c1C.I. The number of halogens is 1. The Balaban J connectivity index is 0.00000341. The van der Waals surface area contributed by atoms with Crippen molar-refractivity contribution in [3.8, 4) is 0 Å². The molecule has 0 spiro atoms. The van der Waals surface area contributed by atoms with Gasteiger partial charge < -0.3 is 15.5 Å². The zero-order valence-electron chi connectivity index (χ0n) is 19.0. The van der Waals surface area contributed by atoms with E-state index in [0.29, 0.717) is 18.4 Å². The summed E-state index contributed by atoms with van der Waals surface area (Å²) in [5.41, 5.74) is 4.68. The van der Waals surface area contributed by atoms with E-state index < -0.39 is 0 Å². The molecule has 3 rings (SSSR count). The average Bonchev–Trinajstić information content (AvgIpc) is 3.00. The second kappa shape index (κ2) is 12.1. The van der Waals surface area contributed by atoms with Crippen molar-refractivity contribution in [1.82, 2.24) is 25.3 Å². The summed E-state index contributed by atoms with van der Waals surface area (Å²) in [5, 5.41) is 10.9. The van der Waals surface area contributed by atoms with Crippen LogP contribution in [0, 0.1) is 19.8 Å². The smallest absolute Gasteiger partial charge is 0.241 e. The number of nitrogens with one attached hydrogen (secondary N) is 2. The van der Waals surface area contributed by atoms with Crippen molar-refractivity contribution in [3.05, 3.63) is 52.8 Å². The summed E-state index contributed by atoms with van der Waals surface area (Å²) < 4.78 is 1.88. The number of hydrogen-bond donors (Lipinski definition) is 2. The maximum absolute atomic E-state index is 12.6. The number of piperidine rings is 1. The summed E-state index contributed by atoms with van der Waals surface area (Å²) >= 11 is 0. The molecule has 1 amide bonds. The van der Waals surface area contributed by atoms with Gasteiger partial charge in [-0.15, -0.1) is 24.0 Å². The lowest BCUT2D eigenvalue weighted by Crippen LogP contribution is -2.46. The van der Waals surface area contributed by atoms with Crippen LogP contribution in [0.5, 0.6) is 0 Å². The minimum Gasteiger partial charge on any atom is -0.352 e. The number of likely N-dealkylation sites (tertiary alicyclic amines) is 1. The third kappa shape index (κ3) is 6.95. The summed E-state index contributed by atoms with van der Waals surface area (Å²) in [6.45, 7) is 6.61. The highest BCUT2D eigenvalue weighted by molar-refractivity contribution is 14.0. The summed E-state index contributed by atoms with van der Waals surface area (Å²) in [4.78, 5) is 18.8. The number of carbonyl (C=O) groups excluding carboxylic acids is 1. The Kier molecular flexibility index (Phi) is 9.80. The minimum absolute atomic E-state index is 0. The molecule has 2 heterocycles. The van der Waals surface area contributed by atoms with Crippen molar-refractivity contribution in [2.45, 2.75) is 39.7 Å². The third-order valence-electron chi connectivity index (χ3n) is 6.06. The molecule has 7 nitrogen and oxygen atoms in total. The lowest BCUT2D eigenvalue weighted by atomic mass is 9.90. The highest BCUT2D eigenvalue weighted by Gasteiger charge is 2.23. The van der Waals surface area contributed by atoms with E-state index in [1.54, 1.807) is 7.05 Å². The van der Waals surface area contributed by atoms with Crippen molar-refractivity contribution in [3.63, 3.8) is 0 Å². The van der Waals surface area contributed by atoms with E-state index in [1.807, 2.05) is 23.6 Å². The Bertz CT molecular complexity index is 872. The molecule has 0 unspecified atom stereocenters. The normalized spacial score (nSPS) is 14.8. The van der Waals surface area contributed by atoms with E-state index in [9.17, 15) is 4.79 Å². The molecule has 1 saturated heterocycles. The summed E-state index contributed by atoms with van der Waals surface area (Å²) in [7, 11) is 3.67. The van der Waals surface area contributed by atoms with E-state index in [4.69, 9.17) is 0 Å². The van der Waals surface area contributed by atoms with Crippen molar-refractivity contribution >= 4 is 35.8 Å². The predicted octanol–water partition coefficient (Wildman–Crippen LogP) is 2.80. The molecule has 1 aliphatic heterocycles. The van der Waals surface area contributed by atoms with Gasteiger partial charge in [-0.3, -0.25) is 14.5 Å². The minimum atomic E-state index is 0. The van der Waals surface area contributed by atoms with Gasteiger partial charge in [-0.1, -0.05) is 30.3 Å². The van der Waals surface area contributed by atoms with Crippen molar-refractivity contribution in [2.24, 2.45) is 18.0 Å². The number of aliphatic imine (C=N–C) groups is 1. The Morgan fingerprint density at radius 2 is 1.84 bits per heavy atom. The number of amides is 1. The third-order valence-corrected chi connectivity index (χ3v) is 6.06. The zero-order valence-corrected chi connectivity index (χ0v) is 21.3. The van der Waals surface area contributed by atoms with Crippen LogP contribution in [0.3, 0.4) is 0 Å². The number of aryl methyl sites for hydroxylation is 2. The van der Waals surface area contributed by atoms with Gasteiger partial charge in [0.15, 0.2) is 5.96 Å². The maximum atomic E-state index is 12.6. The van der Waals surface area contributed by atoms with Crippen LogP contribution < -0.4 is 10.6 Å². The van der Waals surface area contributed by atoms with Crippen LogP contribution in [0.4, 0.5) is 0 Å². The van der Waals surface area contributed by atoms with Crippen LogP contribution in [0.1, 0.15) is 35.4 Å². The molecule has 170 valence electrons. The molecule has 1 aliphatic rings. The molecule has 0 atom stereocenters. The summed E-state index contributed by atoms with van der Waals surface area (Å²) in [5.74, 6) is 1.42. The van der Waals surface area contributed by atoms with Crippen LogP contribution >= 0.6 is 24.0 Å². The summed E-state index contributed by atoms with van der Waals surface area (Å²) in [6, 6.07) is 10.6. The average molecular weight is 538 g/mol. The number of carbonyl (C=O) groups is 1. The molecule has 1 aromatic heterocycles. The first-order valence-electron chi connectivity index (χ1n) is 10.7. The molecule has 31 heavy (non-hydrogen) atoms. The van der Waals surface area contributed by atoms with Gasteiger partial charge in [-0.25, -0.2) is 0 Å². The number of benzene rings is 1. The Morgan fingerprint density at radius 3 is 2.42 bits per heavy atom. The fraction of sp³-hybridized carbons (Fsp3) is 0.522. The topological polar surface area (TPSA) is 74.6 Å². The molecular formula is C23H35IN6O. The maximum Gasteiger partial charge on any atom is 0.241 e. The van der Waals surface area contributed by atoms with Gasteiger partial charge in [-0.05, 0) is 44.6 Å². The highest BCUT2D eigenvalue weighted by atomic mass is 127. The largest absolute Gasteiger partial charge is 0.352 e. The Morgan fingerprint density at radius 1 is 1.16 bits per heavy atom. The van der Waals surface area contributed by atoms with Crippen molar-refractivity contribution in [1.29, 1.82) is 0 Å². The molecule has 8 heteroatoms. The standard InChI is InChI=1S/C23H34N6O.HI/c1-17-21(18(2)28(4)27-17)15-25-23(24-3)26-16-22(30)29-12-10-20(11-13-29)14-19-8-6-5-7-9-19;/h5-9,20H,10-16H2,1-4H3,(H2,24,25,26);1H. The second-order valence-corrected chi connectivity index (χ2v) is 8.07. The number of nitrogens with zero attached hydrogens (tertiary/aromatic N) is 4. The molecular weight excluding hydrogens is 503 g/mol. The van der Waals surface area contributed by atoms with E-state index in [0.717, 1.165) is 49.3 Å². The predicted molar refractivity (Wildman–Crippen MR) is 136 cm³/mol. The molecule has 2 aromatic rings. The van der Waals surface area contributed by atoms with E-state index in [2.05, 4.69) is 58.0 Å². The highest BCUT2D eigenvalue weighted by Crippen LogP contribution is 2.21. The first-order valence-corrected chi connectivity index (χ1v) is 10.7. The second-order valence-electron chi connectivity index (χ2n) is 8.07. The van der Waals surface area contributed by atoms with Gasteiger partial charge in [0.25, 0.3) is 0 Å². The Hall–Kier alpha value is -2.10. The molecule has 0 aliphatic carbocycles. The fourth-order valence-electron chi connectivity index (χ4n) is 4.07. The first kappa shape index (κ1) is 25.2. The first-order chi connectivity index (χ1) is 14.5. The zero-order chi connectivity index (χ0) is 21.5. The fourth-order valence-corrected chi connectivity index (χ4v) is 4.07. The van der Waals surface area contributed by atoms with Gasteiger partial charge >= 0.3 is 0 Å². The molecule has 0 saturated carbocycles. The van der Waals surface area contributed by atoms with Crippen molar-refractivity contribution in [2.75, 3.05) is 26.7 Å². The van der Waals surface area contributed by atoms with Crippen LogP contribution in [0.2, 0.25) is 0 Å². The van der Waals surface area contributed by atoms with Crippen molar-refractivity contribution < 1.29 is 4.79 Å². The van der Waals surface area contributed by atoms with Gasteiger partial charge in [0.1, 0.15) is 0 Å². The molecule has 1 fully saturated rings. The molecule has 0 radical (unpaired) electrons. The lowest BCUT2D eigenvalue weighted by molar-refractivity contribution is -0.131. The number of aromatic nitrogens is 2. The number of hydrogen-bond acceptors (Lipinski definition) is 3. The van der Waals surface area contributed by atoms with Gasteiger partial charge in [-0.2, -0.15) is 5.10 Å². The Labute approximate surface area is 202 Å². The van der Waals surface area contributed by atoms with Gasteiger partial charge in [0.05, 0.1) is 12.2 Å². The number of rotatable bonds is 6. The van der Waals surface area contributed by atoms with Gasteiger partial charge in [0.2, 0.25) is 5.91 Å². The molecule has 0 bridgehead atoms. The quantitative estimate of drug-likeness (QED) is 0.337. The van der Waals surface area contributed by atoms with Crippen LogP contribution in [0.25, 0.3) is 0 Å². The van der Waals surface area contributed by atoms with E-state index >= 15 is 0 Å². The monoisotopic (exact) mass is 538 g/mol. The van der Waals surface area contributed by atoms with E-state index in [-0.39, 0.29) is 36.4 Å². The van der Waals surface area contributed by atoms with Crippen LogP contribution in [-0.4, -0.2) is 53.2 Å². The summed E-state index contributed by atoms with van der Waals surface area (Å²) in [6.07, 6.45) is 3.23.